The van der Waals surface area contributed by atoms with Crippen molar-refractivity contribution in [2.45, 2.75) is 19.9 Å². The number of halogens is 3. The van der Waals surface area contributed by atoms with Crippen LogP contribution >= 0.6 is 34.5 Å². The normalized spacial score (nSPS) is 12.0. The third-order valence-electron chi connectivity index (χ3n) is 2.81. The Kier molecular flexibility index (Phi) is 5.08. The summed E-state index contributed by atoms with van der Waals surface area (Å²) in [6.45, 7) is 3.25. The van der Waals surface area contributed by atoms with Gasteiger partial charge in [0.25, 0.3) is 0 Å². The van der Waals surface area contributed by atoms with Crippen molar-refractivity contribution in [2.75, 3.05) is 10.6 Å². The highest BCUT2D eigenvalue weighted by Crippen LogP contribution is 2.36. The molecule has 112 valence electrons. The maximum absolute atomic E-state index is 13.9. The minimum Gasteiger partial charge on any atom is -0.376 e. The van der Waals surface area contributed by atoms with E-state index < -0.39 is 5.82 Å². The molecule has 0 saturated carbocycles. The van der Waals surface area contributed by atoms with Crippen molar-refractivity contribution in [3.05, 3.63) is 44.3 Å². The fourth-order valence-electron chi connectivity index (χ4n) is 1.88. The predicted octanol–water partition coefficient (Wildman–Crippen LogP) is 5.33. The molecule has 0 aliphatic rings. The van der Waals surface area contributed by atoms with Crippen molar-refractivity contribution >= 4 is 51.8 Å². The second kappa shape index (κ2) is 6.64. The van der Waals surface area contributed by atoms with Crippen LogP contribution in [0.1, 0.15) is 25.5 Å². The van der Waals surface area contributed by atoms with E-state index >= 15 is 0 Å². The molecule has 0 saturated heterocycles. The lowest BCUT2D eigenvalue weighted by Crippen LogP contribution is -2.10. The topological polar surface area (TPSA) is 41.1 Å². The van der Waals surface area contributed by atoms with Crippen LogP contribution < -0.4 is 10.6 Å². The van der Waals surface area contributed by atoms with Gasteiger partial charge in [-0.2, -0.15) is 0 Å². The number of hydrogen-bond donors (Lipinski definition) is 2. The highest BCUT2D eigenvalue weighted by atomic mass is 35.5. The van der Waals surface area contributed by atoms with Gasteiger partial charge in [-0.1, -0.05) is 23.2 Å². The molecule has 1 amide bonds. The Morgan fingerprint density at radius 2 is 2.05 bits per heavy atom. The zero-order chi connectivity index (χ0) is 15.6. The smallest absolute Gasteiger partial charge is 0.221 e. The van der Waals surface area contributed by atoms with Crippen LogP contribution in [0.2, 0.25) is 8.67 Å². The fraction of sp³-hybridized carbons (Fsp3) is 0.214. The van der Waals surface area contributed by atoms with Crippen LogP contribution in [0.5, 0.6) is 0 Å². The first kappa shape index (κ1) is 16.1. The van der Waals surface area contributed by atoms with Crippen molar-refractivity contribution in [3.8, 4) is 0 Å². The van der Waals surface area contributed by atoms with E-state index in [1.165, 1.54) is 36.5 Å². The summed E-state index contributed by atoms with van der Waals surface area (Å²) in [6, 6.07) is 5.86. The average molecular weight is 347 g/mol. The highest BCUT2D eigenvalue weighted by molar-refractivity contribution is 7.20. The van der Waals surface area contributed by atoms with Crippen molar-refractivity contribution in [1.29, 1.82) is 0 Å². The van der Waals surface area contributed by atoms with Gasteiger partial charge in [-0.25, -0.2) is 4.39 Å². The maximum Gasteiger partial charge on any atom is 0.221 e. The molecule has 7 heteroatoms. The summed E-state index contributed by atoms with van der Waals surface area (Å²) in [5.74, 6) is -0.623. The van der Waals surface area contributed by atoms with Crippen LogP contribution in [0.25, 0.3) is 0 Å². The van der Waals surface area contributed by atoms with E-state index in [0.717, 1.165) is 5.56 Å². The van der Waals surface area contributed by atoms with Crippen LogP contribution in [0.3, 0.4) is 0 Å². The molecule has 1 heterocycles. The summed E-state index contributed by atoms with van der Waals surface area (Å²) in [5.41, 5.74) is 1.61. The molecule has 2 aromatic rings. The highest BCUT2D eigenvalue weighted by Gasteiger charge is 2.15. The van der Waals surface area contributed by atoms with E-state index in [2.05, 4.69) is 10.6 Å². The molecule has 21 heavy (non-hydrogen) atoms. The number of thiophene rings is 1. The van der Waals surface area contributed by atoms with Gasteiger partial charge in [-0.05, 0) is 31.2 Å². The van der Waals surface area contributed by atoms with Gasteiger partial charge < -0.3 is 10.6 Å². The third-order valence-corrected chi connectivity index (χ3v) is 4.33. The first-order chi connectivity index (χ1) is 9.86. The maximum atomic E-state index is 13.9. The number of hydrogen-bond acceptors (Lipinski definition) is 3. The SMILES string of the molecule is CC(=O)Nc1ccc(F)c(NC(C)c2cc(Cl)sc2Cl)c1. The van der Waals surface area contributed by atoms with Gasteiger partial charge in [0.15, 0.2) is 0 Å². The second-order valence-corrected chi connectivity index (χ2v) is 6.81. The van der Waals surface area contributed by atoms with Crippen molar-refractivity contribution < 1.29 is 9.18 Å². The Bertz CT molecular complexity index is 675. The van der Waals surface area contributed by atoms with E-state index in [1.54, 1.807) is 6.07 Å². The minimum absolute atomic E-state index is 0.215. The van der Waals surface area contributed by atoms with E-state index in [0.29, 0.717) is 14.4 Å². The Morgan fingerprint density at radius 3 is 2.62 bits per heavy atom. The van der Waals surface area contributed by atoms with Crippen molar-refractivity contribution in [2.24, 2.45) is 0 Å². The van der Waals surface area contributed by atoms with Gasteiger partial charge in [0.1, 0.15) is 5.82 Å². The molecule has 3 nitrogen and oxygen atoms in total. The summed E-state index contributed by atoms with van der Waals surface area (Å²) < 4.78 is 15.0. The third kappa shape index (κ3) is 4.09. The zero-order valence-corrected chi connectivity index (χ0v) is 13.7. The summed E-state index contributed by atoms with van der Waals surface area (Å²) in [4.78, 5) is 11.0. The molecule has 0 bridgehead atoms. The van der Waals surface area contributed by atoms with Crippen LogP contribution in [0, 0.1) is 5.82 Å². The van der Waals surface area contributed by atoms with E-state index in [9.17, 15) is 9.18 Å². The number of carbonyl (C=O) groups is 1. The number of nitrogens with one attached hydrogen (secondary N) is 2. The second-order valence-electron chi connectivity index (χ2n) is 4.52. The molecular weight excluding hydrogens is 334 g/mol. The number of amides is 1. The molecule has 1 aromatic heterocycles. The Morgan fingerprint density at radius 1 is 1.33 bits per heavy atom. The van der Waals surface area contributed by atoms with Gasteiger partial charge in [0, 0.05) is 18.2 Å². The molecule has 1 unspecified atom stereocenters. The molecule has 0 spiro atoms. The summed E-state index contributed by atoms with van der Waals surface area (Å²) in [6.07, 6.45) is 0. The van der Waals surface area contributed by atoms with Gasteiger partial charge in [-0.3, -0.25) is 4.79 Å². The average Bonchev–Trinajstić information content (AvgIpc) is 2.72. The number of carbonyl (C=O) groups excluding carboxylic acids is 1. The van der Waals surface area contributed by atoms with Crippen LogP contribution in [0.4, 0.5) is 15.8 Å². The molecule has 2 N–H and O–H groups in total. The summed E-state index contributed by atoms with van der Waals surface area (Å²) >= 11 is 13.3. The standard InChI is InChI=1S/C14H13Cl2FN2OS/c1-7(10-6-13(15)21-14(10)16)18-12-5-9(19-8(2)20)3-4-11(12)17/h3-7,18H,1-2H3,(H,19,20). The molecule has 0 radical (unpaired) electrons. The van der Waals surface area contributed by atoms with E-state index in [1.807, 2.05) is 6.92 Å². The Balaban J connectivity index is 2.22. The quantitative estimate of drug-likeness (QED) is 0.785. The van der Waals surface area contributed by atoms with Gasteiger partial charge in [0.05, 0.1) is 20.4 Å². The summed E-state index contributed by atoms with van der Waals surface area (Å²) in [5, 5.41) is 5.64. The Hall–Kier alpha value is -1.30. The predicted molar refractivity (Wildman–Crippen MR) is 87.1 cm³/mol. The van der Waals surface area contributed by atoms with Crippen LogP contribution in [0.15, 0.2) is 24.3 Å². The van der Waals surface area contributed by atoms with E-state index in [4.69, 9.17) is 23.2 Å². The molecule has 0 aliphatic carbocycles. The minimum atomic E-state index is -0.409. The van der Waals surface area contributed by atoms with E-state index in [-0.39, 0.29) is 17.6 Å². The van der Waals surface area contributed by atoms with Gasteiger partial charge >= 0.3 is 0 Å². The first-order valence-corrected chi connectivity index (χ1v) is 7.72. The van der Waals surface area contributed by atoms with Crippen molar-refractivity contribution in [1.82, 2.24) is 0 Å². The van der Waals surface area contributed by atoms with Gasteiger partial charge in [-0.15, -0.1) is 11.3 Å². The Labute approximate surface area is 136 Å². The zero-order valence-electron chi connectivity index (χ0n) is 11.3. The molecule has 1 atom stereocenters. The lowest BCUT2D eigenvalue weighted by Gasteiger charge is -2.16. The van der Waals surface area contributed by atoms with Crippen LogP contribution in [-0.2, 0) is 4.79 Å². The largest absolute Gasteiger partial charge is 0.376 e. The molecule has 0 aliphatic heterocycles. The molecular formula is C14H13Cl2FN2OS. The fourth-order valence-corrected chi connectivity index (χ4v) is 3.52. The lowest BCUT2D eigenvalue weighted by molar-refractivity contribution is -0.114. The molecule has 1 aromatic carbocycles. The lowest BCUT2D eigenvalue weighted by atomic mass is 10.1. The van der Waals surface area contributed by atoms with Gasteiger partial charge in [0.2, 0.25) is 5.91 Å². The number of benzene rings is 1. The number of rotatable bonds is 4. The number of anilines is 2. The monoisotopic (exact) mass is 346 g/mol. The van der Waals surface area contributed by atoms with Crippen LogP contribution in [-0.4, -0.2) is 5.91 Å². The first-order valence-electron chi connectivity index (χ1n) is 6.15. The molecule has 2 rings (SSSR count). The molecule has 0 fully saturated rings. The summed E-state index contributed by atoms with van der Waals surface area (Å²) in [7, 11) is 0. The van der Waals surface area contributed by atoms with Crippen molar-refractivity contribution in [3.63, 3.8) is 0 Å².